The molecule has 2 saturated heterocycles. The zero-order valence-corrected chi connectivity index (χ0v) is 29.8. The van der Waals surface area contributed by atoms with E-state index in [0.717, 1.165) is 38.5 Å². The van der Waals surface area contributed by atoms with Crippen molar-refractivity contribution in [2.75, 3.05) is 6.61 Å². The van der Waals surface area contributed by atoms with Crippen molar-refractivity contribution >= 4 is 5.97 Å². The summed E-state index contributed by atoms with van der Waals surface area (Å²) in [6, 6.07) is 0. The molecule has 7 aliphatic rings. The summed E-state index contributed by atoms with van der Waals surface area (Å²) in [5.41, 5.74) is -1.83. The lowest BCUT2D eigenvalue weighted by atomic mass is 9.44. The molecule has 2 aliphatic heterocycles. The van der Waals surface area contributed by atoms with Crippen molar-refractivity contribution in [2.45, 2.75) is 161 Å². The van der Waals surface area contributed by atoms with Crippen LogP contribution in [0.3, 0.4) is 0 Å². The van der Waals surface area contributed by atoms with Crippen LogP contribution in [-0.4, -0.2) is 104 Å². The first-order valence-electron chi connectivity index (χ1n) is 18.1. The van der Waals surface area contributed by atoms with Crippen LogP contribution >= 0.6 is 0 Å². The second-order valence-corrected chi connectivity index (χ2v) is 18.4. The fourth-order valence-electron chi connectivity index (χ4n) is 13.0. The molecule has 7 rings (SSSR count). The molecule has 0 radical (unpaired) electrons. The van der Waals surface area contributed by atoms with Gasteiger partial charge in [-0.05, 0) is 92.3 Å². The monoisotopic (exact) mass is 678 g/mol. The molecule has 0 aromatic heterocycles. The van der Waals surface area contributed by atoms with E-state index in [1.807, 2.05) is 0 Å². The number of carbonyl (C=O) groups excluding carboxylic acids is 1. The van der Waals surface area contributed by atoms with Gasteiger partial charge < -0.3 is 49.6 Å². The Hall–Kier alpha value is -1.15. The first-order chi connectivity index (χ1) is 22.1. The SMILES string of the molecule is CC(=O)O[C@@H]([C@H]1C[C@@H](C)[C@H]2[C@@](O)(O1)[C@H](O)[C@@]1(C)C3=CC[C@H]4C(C)(C)[C@@H](O[C@H]5OC[C@@H](O)[C@H](O)[C@H]5O)CC[C@@]45C[C@@]35CC[C@]21C)C(C)(C)O. The predicted molar refractivity (Wildman–Crippen MR) is 172 cm³/mol. The molecule has 0 aromatic carbocycles. The summed E-state index contributed by atoms with van der Waals surface area (Å²) in [6.45, 7) is 15.2. The van der Waals surface area contributed by atoms with Gasteiger partial charge in [0, 0.05) is 18.3 Å². The van der Waals surface area contributed by atoms with Crippen LogP contribution in [0, 0.1) is 44.8 Å². The average molecular weight is 679 g/mol. The van der Waals surface area contributed by atoms with E-state index < -0.39 is 71.1 Å². The molecule has 2 spiro atoms. The summed E-state index contributed by atoms with van der Waals surface area (Å²) in [6.07, 6.45) is -0.0661. The van der Waals surface area contributed by atoms with Gasteiger partial charge in [-0.15, -0.1) is 0 Å². The van der Waals surface area contributed by atoms with Crippen LogP contribution in [0.2, 0.25) is 0 Å². The molecule has 6 N–H and O–H groups in total. The molecule has 0 bridgehead atoms. The first-order valence-corrected chi connectivity index (χ1v) is 18.1. The normalized spacial score (nSPS) is 54.4. The third-order valence-electron chi connectivity index (χ3n) is 15.2. The van der Waals surface area contributed by atoms with Crippen LogP contribution in [-0.2, 0) is 23.7 Å². The van der Waals surface area contributed by atoms with Gasteiger partial charge >= 0.3 is 5.97 Å². The number of hydrogen-bond donors (Lipinski definition) is 6. The molecule has 16 atom stereocenters. The Kier molecular flexibility index (Phi) is 7.86. The number of carbonyl (C=O) groups is 1. The molecule has 4 saturated carbocycles. The Morgan fingerprint density at radius 3 is 2.40 bits per heavy atom. The second kappa shape index (κ2) is 10.7. The van der Waals surface area contributed by atoms with Crippen molar-refractivity contribution < 1.29 is 54.4 Å². The number of rotatable bonds is 5. The van der Waals surface area contributed by atoms with Crippen molar-refractivity contribution in [2.24, 2.45) is 44.8 Å². The van der Waals surface area contributed by atoms with Crippen LogP contribution in [0.15, 0.2) is 11.6 Å². The standard InChI is InChI=1S/C37H58O11/c1-18-15-21(28(32(5,6)43)46-19(2)38)48-37(44)27(18)33(7)13-14-36-17-35(36)12-11-24(47-29-26(41)25(40)20(39)16-45-29)31(3,4)22(35)9-10-23(36)34(33,8)30(37)42/h10,18,20-22,24-30,39-44H,9,11-17H2,1-8H3/t18-,20-,21-,22+,24+,25+,26-,27-,28+,29-,30-,33-,34-,35-,36+,37-/m1/s1. The molecule has 2 heterocycles. The maximum atomic E-state index is 12.6. The Bertz CT molecular complexity index is 1360. The van der Waals surface area contributed by atoms with Crippen LogP contribution in [0.5, 0.6) is 0 Å². The van der Waals surface area contributed by atoms with Crippen molar-refractivity contribution in [3.8, 4) is 0 Å². The summed E-state index contributed by atoms with van der Waals surface area (Å²) in [4.78, 5) is 12.1. The molecular formula is C37H58O11. The van der Waals surface area contributed by atoms with E-state index in [9.17, 15) is 35.4 Å². The van der Waals surface area contributed by atoms with Crippen LogP contribution in [0.25, 0.3) is 0 Å². The third-order valence-corrected chi connectivity index (χ3v) is 15.2. The maximum absolute atomic E-state index is 12.6. The van der Waals surface area contributed by atoms with E-state index in [4.69, 9.17) is 18.9 Å². The number of aliphatic hydroxyl groups excluding tert-OH is 4. The Morgan fingerprint density at radius 1 is 1.06 bits per heavy atom. The number of esters is 1. The van der Waals surface area contributed by atoms with E-state index in [1.54, 1.807) is 13.8 Å². The van der Waals surface area contributed by atoms with E-state index in [-0.39, 0.29) is 46.7 Å². The van der Waals surface area contributed by atoms with Crippen molar-refractivity contribution in [1.29, 1.82) is 0 Å². The van der Waals surface area contributed by atoms with Crippen LogP contribution in [0.1, 0.15) is 100 Å². The van der Waals surface area contributed by atoms with Gasteiger partial charge in [-0.1, -0.05) is 46.3 Å². The summed E-state index contributed by atoms with van der Waals surface area (Å²) in [5.74, 6) is -2.63. The van der Waals surface area contributed by atoms with E-state index in [1.165, 1.54) is 12.5 Å². The molecule has 272 valence electrons. The second-order valence-electron chi connectivity index (χ2n) is 18.4. The summed E-state index contributed by atoms with van der Waals surface area (Å²) in [5, 5.41) is 66.9. The Balaban J connectivity index is 1.20. The molecule has 6 fully saturated rings. The van der Waals surface area contributed by atoms with E-state index >= 15 is 0 Å². The largest absolute Gasteiger partial charge is 0.457 e. The van der Waals surface area contributed by atoms with Crippen molar-refractivity contribution in [1.82, 2.24) is 0 Å². The fraction of sp³-hybridized carbons (Fsp3) is 0.919. The molecule has 0 amide bonds. The molecular weight excluding hydrogens is 620 g/mol. The molecule has 48 heavy (non-hydrogen) atoms. The van der Waals surface area contributed by atoms with Gasteiger partial charge in [0.2, 0.25) is 0 Å². The third kappa shape index (κ3) is 4.35. The van der Waals surface area contributed by atoms with Gasteiger partial charge in [0.05, 0.1) is 18.3 Å². The number of aliphatic hydroxyl groups is 6. The minimum Gasteiger partial charge on any atom is -0.457 e. The highest BCUT2D eigenvalue weighted by Gasteiger charge is 2.85. The number of allylic oxidation sites excluding steroid dienone is 1. The van der Waals surface area contributed by atoms with Gasteiger partial charge in [0.1, 0.15) is 30.5 Å². The number of hydrogen-bond acceptors (Lipinski definition) is 11. The lowest BCUT2D eigenvalue weighted by Gasteiger charge is -2.60. The van der Waals surface area contributed by atoms with E-state index in [2.05, 4.69) is 40.7 Å². The zero-order chi connectivity index (χ0) is 35.2. The fourth-order valence-corrected chi connectivity index (χ4v) is 13.0. The first kappa shape index (κ1) is 35.3. The van der Waals surface area contributed by atoms with Gasteiger partial charge in [-0.25, -0.2) is 0 Å². The summed E-state index contributed by atoms with van der Waals surface area (Å²) < 4.78 is 24.2. The highest BCUT2D eigenvalue weighted by molar-refractivity contribution is 5.66. The molecule has 0 aromatic rings. The highest BCUT2D eigenvalue weighted by Crippen LogP contribution is 2.88. The summed E-state index contributed by atoms with van der Waals surface area (Å²) in [7, 11) is 0. The predicted octanol–water partition coefficient (Wildman–Crippen LogP) is 2.57. The van der Waals surface area contributed by atoms with Gasteiger partial charge in [-0.2, -0.15) is 0 Å². The topological polar surface area (TPSA) is 175 Å². The van der Waals surface area contributed by atoms with Crippen molar-refractivity contribution in [3.05, 3.63) is 11.6 Å². The summed E-state index contributed by atoms with van der Waals surface area (Å²) >= 11 is 0. The maximum Gasteiger partial charge on any atom is 0.303 e. The lowest BCUT2D eigenvalue weighted by Crippen LogP contribution is -2.61. The Morgan fingerprint density at radius 2 is 1.75 bits per heavy atom. The highest BCUT2D eigenvalue weighted by atomic mass is 16.7. The quantitative estimate of drug-likeness (QED) is 0.186. The molecule has 11 nitrogen and oxygen atoms in total. The van der Waals surface area contributed by atoms with E-state index in [0.29, 0.717) is 6.42 Å². The van der Waals surface area contributed by atoms with Crippen LogP contribution < -0.4 is 0 Å². The van der Waals surface area contributed by atoms with Gasteiger partial charge in [-0.3, -0.25) is 4.79 Å². The molecule has 0 unspecified atom stereocenters. The van der Waals surface area contributed by atoms with Gasteiger partial charge in [0.25, 0.3) is 0 Å². The van der Waals surface area contributed by atoms with Crippen molar-refractivity contribution in [3.63, 3.8) is 0 Å². The average Bonchev–Trinajstić information content (AvgIpc) is 3.62. The Labute approximate surface area is 284 Å². The minimum atomic E-state index is -1.90. The lowest BCUT2D eigenvalue weighted by molar-refractivity contribution is -0.341. The van der Waals surface area contributed by atoms with Gasteiger partial charge in [0.15, 0.2) is 18.2 Å². The molecule has 11 heteroatoms. The van der Waals surface area contributed by atoms with Crippen LogP contribution in [0.4, 0.5) is 0 Å². The molecule has 5 aliphatic carbocycles. The minimum absolute atomic E-state index is 0.0129. The zero-order valence-electron chi connectivity index (χ0n) is 29.8. The number of fused-ring (bicyclic) bond motifs is 4. The smallest absolute Gasteiger partial charge is 0.303 e. The number of ether oxygens (including phenoxy) is 4.